The summed E-state index contributed by atoms with van der Waals surface area (Å²) in [6, 6.07) is 9.58. The van der Waals surface area contributed by atoms with Crippen LogP contribution in [-0.2, 0) is 16.1 Å². The molecule has 2 aliphatic rings. The van der Waals surface area contributed by atoms with E-state index in [1.54, 1.807) is 24.3 Å². The van der Waals surface area contributed by atoms with E-state index in [0.29, 0.717) is 5.25 Å². The third-order valence-corrected chi connectivity index (χ3v) is 5.89. The van der Waals surface area contributed by atoms with Gasteiger partial charge in [-0.25, -0.2) is 0 Å². The van der Waals surface area contributed by atoms with Crippen LogP contribution in [0.4, 0.5) is 0 Å². The molecule has 2 atom stereocenters. The fourth-order valence-electron chi connectivity index (χ4n) is 2.97. The standard InChI is InChI=1S/C19H23NO3S/c21-18(23-14-15-6-2-1-3-7-15)17-8-4-5-11-19(17,22)24-16-9-12-20-13-10-16/h1-8,11,16-17,20,22H,9-10,12-14H2/t17-,19+/m1/s1. The second-order valence-electron chi connectivity index (χ2n) is 6.13. The zero-order valence-electron chi connectivity index (χ0n) is 13.6. The molecule has 1 aliphatic heterocycles. The number of nitrogens with one attached hydrogen (secondary N) is 1. The predicted octanol–water partition coefficient (Wildman–Crippen LogP) is 2.65. The number of carbonyl (C=O) groups excluding carboxylic acids is 1. The van der Waals surface area contributed by atoms with E-state index >= 15 is 0 Å². The highest BCUT2D eigenvalue weighted by atomic mass is 32.2. The maximum atomic E-state index is 12.5. The minimum atomic E-state index is -1.23. The predicted molar refractivity (Wildman–Crippen MR) is 96.4 cm³/mol. The van der Waals surface area contributed by atoms with Crippen molar-refractivity contribution in [1.29, 1.82) is 0 Å². The molecule has 3 rings (SSSR count). The Balaban J connectivity index is 1.63. The topological polar surface area (TPSA) is 58.6 Å². The molecule has 0 saturated carbocycles. The number of allylic oxidation sites excluding steroid dienone is 2. The number of carbonyl (C=O) groups is 1. The van der Waals surface area contributed by atoms with Crippen molar-refractivity contribution in [3.05, 3.63) is 60.2 Å². The summed E-state index contributed by atoms with van der Waals surface area (Å²) in [6.45, 7) is 2.13. The Morgan fingerprint density at radius 1 is 1.25 bits per heavy atom. The van der Waals surface area contributed by atoms with Gasteiger partial charge in [0.15, 0.2) is 0 Å². The van der Waals surface area contributed by atoms with Crippen LogP contribution in [0.15, 0.2) is 54.6 Å². The maximum absolute atomic E-state index is 12.5. The van der Waals surface area contributed by atoms with Crippen LogP contribution in [0.1, 0.15) is 18.4 Å². The Morgan fingerprint density at radius 2 is 2.00 bits per heavy atom. The summed E-state index contributed by atoms with van der Waals surface area (Å²) in [4.78, 5) is 11.3. The monoisotopic (exact) mass is 345 g/mol. The van der Waals surface area contributed by atoms with E-state index in [-0.39, 0.29) is 12.6 Å². The first-order valence-electron chi connectivity index (χ1n) is 8.35. The number of hydrogen-bond donors (Lipinski definition) is 2. The van der Waals surface area contributed by atoms with E-state index in [2.05, 4.69) is 5.32 Å². The number of ether oxygens (including phenoxy) is 1. The van der Waals surface area contributed by atoms with Crippen molar-refractivity contribution in [2.45, 2.75) is 29.6 Å². The molecule has 24 heavy (non-hydrogen) atoms. The first-order chi connectivity index (χ1) is 11.7. The normalized spacial score (nSPS) is 27.1. The van der Waals surface area contributed by atoms with Crippen LogP contribution in [0.2, 0.25) is 0 Å². The average Bonchev–Trinajstić information content (AvgIpc) is 2.61. The SMILES string of the molecule is O=C(OCc1ccccc1)[C@H]1C=CC=C[C@]1(O)SC1CCNCC1. The summed E-state index contributed by atoms with van der Waals surface area (Å²) in [5, 5.41) is 14.7. The number of piperidine rings is 1. The Morgan fingerprint density at radius 3 is 2.75 bits per heavy atom. The van der Waals surface area contributed by atoms with Crippen LogP contribution in [-0.4, -0.2) is 34.3 Å². The summed E-state index contributed by atoms with van der Waals surface area (Å²) in [5.41, 5.74) is 0.940. The molecular weight excluding hydrogens is 322 g/mol. The van der Waals surface area contributed by atoms with Gasteiger partial charge in [-0.2, -0.15) is 0 Å². The summed E-state index contributed by atoms with van der Waals surface area (Å²) in [6.07, 6.45) is 9.04. The molecule has 128 valence electrons. The summed E-state index contributed by atoms with van der Waals surface area (Å²) in [7, 11) is 0. The van der Waals surface area contributed by atoms with Crippen LogP contribution in [0.3, 0.4) is 0 Å². The number of thioether (sulfide) groups is 1. The van der Waals surface area contributed by atoms with Crippen LogP contribution < -0.4 is 5.32 Å². The van der Waals surface area contributed by atoms with Crippen molar-refractivity contribution in [2.75, 3.05) is 13.1 Å². The number of esters is 1. The largest absolute Gasteiger partial charge is 0.460 e. The number of hydrogen-bond acceptors (Lipinski definition) is 5. The first-order valence-corrected chi connectivity index (χ1v) is 9.23. The summed E-state index contributed by atoms with van der Waals surface area (Å²) >= 11 is 1.48. The van der Waals surface area contributed by atoms with Crippen LogP contribution in [0.5, 0.6) is 0 Å². The van der Waals surface area contributed by atoms with Crippen LogP contribution in [0.25, 0.3) is 0 Å². The first kappa shape index (κ1) is 17.3. The maximum Gasteiger partial charge on any atom is 0.317 e. The number of aliphatic hydroxyl groups is 1. The van der Waals surface area contributed by atoms with Crippen molar-refractivity contribution in [1.82, 2.24) is 5.32 Å². The van der Waals surface area contributed by atoms with Gasteiger partial charge in [-0.1, -0.05) is 48.6 Å². The molecule has 2 N–H and O–H groups in total. The lowest BCUT2D eigenvalue weighted by Crippen LogP contribution is -2.42. The molecule has 1 aliphatic carbocycles. The van der Waals surface area contributed by atoms with E-state index < -0.39 is 10.9 Å². The van der Waals surface area contributed by atoms with Crippen molar-refractivity contribution in [2.24, 2.45) is 5.92 Å². The van der Waals surface area contributed by atoms with Gasteiger partial charge >= 0.3 is 5.97 Å². The molecular formula is C19H23NO3S. The van der Waals surface area contributed by atoms with E-state index in [4.69, 9.17) is 4.74 Å². The van der Waals surface area contributed by atoms with E-state index in [9.17, 15) is 9.90 Å². The van der Waals surface area contributed by atoms with Crippen molar-refractivity contribution in [3.8, 4) is 0 Å². The highest BCUT2D eigenvalue weighted by Gasteiger charge is 2.42. The molecule has 0 unspecified atom stereocenters. The lowest BCUT2D eigenvalue weighted by atomic mass is 9.97. The molecule has 0 spiro atoms. The minimum absolute atomic E-state index is 0.224. The molecule has 1 fully saturated rings. The van der Waals surface area contributed by atoms with Gasteiger partial charge in [0.25, 0.3) is 0 Å². The van der Waals surface area contributed by atoms with E-state index in [0.717, 1.165) is 31.5 Å². The number of benzene rings is 1. The molecule has 4 nitrogen and oxygen atoms in total. The van der Waals surface area contributed by atoms with Gasteiger partial charge in [-0.15, -0.1) is 11.8 Å². The van der Waals surface area contributed by atoms with Crippen LogP contribution >= 0.6 is 11.8 Å². The Hall–Kier alpha value is -1.56. The van der Waals surface area contributed by atoms with Crippen molar-refractivity contribution >= 4 is 17.7 Å². The van der Waals surface area contributed by atoms with Gasteiger partial charge in [-0.3, -0.25) is 4.79 Å². The zero-order chi connectivity index (χ0) is 16.8. The van der Waals surface area contributed by atoms with Gasteiger partial charge < -0.3 is 15.2 Å². The summed E-state index contributed by atoms with van der Waals surface area (Å²) < 4.78 is 5.44. The third-order valence-electron chi connectivity index (χ3n) is 4.31. The molecule has 0 radical (unpaired) electrons. The molecule has 1 aromatic rings. The quantitative estimate of drug-likeness (QED) is 0.635. The highest BCUT2D eigenvalue weighted by Crippen LogP contribution is 2.41. The lowest BCUT2D eigenvalue weighted by molar-refractivity contribution is -0.151. The third kappa shape index (κ3) is 4.29. The Labute approximate surface area is 147 Å². The van der Waals surface area contributed by atoms with Gasteiger partial charge in [0.1, 0.15) is 17.5 Å². The fourth-order valence-corrected chi connectivity index (χ4v) is 4.45. The van der Waals surface area contributed by atoms with Gasteiger partial charge in [0.05, 0.1) is 0 Å². The van der Waals surface area contributed by atoms with Crippen molar-refractivity contribution in [3.63, 3.8) is 0 Å². The smallest absolute Gasteiger partial charge is 0.317 e. The molecule has 1 saturated heterocycles. The fraction of sp³-hybridized carbons (Fsp3) is 0.421. The highest BCUT2D eigenvalue weighted by molar-refractivity contribution is 8.01. The summed E-state index contributed by atoms with van der Waals surface area (Å²) in [5.74, 6) is -1.06. The van der Waals surface area contributed by atoms with Gasteiger partial charge in [0, 0.05) is 5.25 Å². The average molecular weight is 345 g/mol. The van der Waals surface area contributed by atoms with E-state index in [1.807, 2.05) is 30.3 Å². The molecule has 0 amide bonds. The van der Waals surface area contributed by atoms with Gasteiger partial charge in [-0.05, 0) is 37.6 Å². The molecule has 0 aromatic heterocycles. The molecule has 1 aromatic carbocycles. The number of rotatable bonds is 5. The van der Waals surface area contributed by atoms with E-state index in [1.165, 1.54) is 11.8 Å². The second kappa shape index (κ2) is 8.01. The Bertz CT molecular complexity index is 610. The molecule has 1 heterocycles. The van der Waals surface area contributed by atoms with Crippen molar-refractivity contribution < 1.29 is 14.6 Å². The minimum Gasteiger partial charge on any atom is -0.460 e. The lowest BCUT2D eigenvalue weighted by Gasteiger charge is -2.35. The molecule has 5 heteroatoms. The second-order valence-corrected chi connectivity index (χ2v) is 7.69. The van der Waals surface area contributed by atoms with Gasteiger partial charge in [0.2, 0.25) is 0 Å². The van der Waals surface area contributed by atoms with Crippen LogP contribution in [0, 0.1) is 5.92 Å². The molecule has 0 bridgehead atoms. The Kier molecular flexibility index (Phi) is 5.76. The zero-order valence-corrected chi connectivity index (χ0v) is 14.4.